The summed E-state index contributed by atoms with van der Waals surface area (Å²) in [6, 6.07) is 71.1. The van der Waals surface area contributed by atoms with E-state index in [0.717, 1.165) is 50.5 Å². The summed E-state index contributed by atoms with van der Waals surface area (Å²) in [7, 11) is 0. The molecule has 0 aliphatic heterocycles. The molecular formula is C52H34N4. The van der Waals surface area contributed by atoms with E-state index in [2.05, 4.69) is 197 Å². The Morgan fingerprint density at radius 3 is 1.86 bits per heavy atom. The molecule has 11 rings (SSSR count). The van der Waals surface area contributed by atoms with Crippen molar-refractivity contribution in [3.63, 3.8) is 0 Å². The van der Waals surface area contributed by atoms with E-state index < -0.39 is 0 Å². The van der Waals surface area contributed by atoms with Crippen LogP contribution in [0.3, 0.4) is 0 Å². The van der Waals surface area contributed by atoms with Crippen LogP contribution in [0.15, 0.2) is 206 Å². The fraction of sp³-hybridized carbons (Fsp3) is 0. The highest BCUT2D eigenvalue weighted by Crippen LogP contribution is 2.37. The highest BCUT2D eigenvalue weighted by Gasteiger charge is 2.17. The third-order valence-electron chi connectivity index (χ3n) is 11.0. The Morgan fingerprint density at radius 2 is 0.964 bits per heavy atom. The van der Waals surface area contributed by atoms with Gasteiger partial charge in [0.1, 0.15) is 0 Å². The lowest BCUT2D eigenvalue weighted by Crippen LogP contribution is -1.98. The quantitative estimate of drug-likeness (QED) is 0.172. The van der Waals surface area contributed by atoms with Crippen molar-refractivity contribution >= 4 is 43.5 Å². The smallest absolute Gasteiger partial charge is 0.160 e. The van der Waals surface area contributed by atoms with Crippen LogP contribution in [0.2, 0.25) is 0 Å². The Bertz CT molecular complexity index is 3260. The third kappa shape index (κ3) is 5.39. The Balaban J connectivity index is 1.04. The summed E-state index contributed by atoms with van der Waals surface area (Å²) in [4.78, 5) is 10.3. The fourth-order valence-corrected chi connectivity index (χ4v) is 8.28. The summed E-state index contributed by atoms with van der Waals surface area (Å²) in [6.07, 6.45) is 2.16. The van der Waals surface area contributed by atoms with Crippen molar-refractivity contribution in [2.24, 2.45) is 0 Å². The van der Waals surface area contributed by atoms with E-state index in [4.69, 9.17) is 9.97 Å². The molecule has 0 saturated carbocycles. The van der Waals surface area contributed by atoms with Crippen molar-refractivity contribution < 1.29 is 0 Å². The van der Waals surface area contributed by atoms with E-state index in [0.29, 0.717) is 5.82 Å². The first-order valence-electron chi connectivity index (χ1n) is 19.0. The molecule has 0 fully saturated rings. The zero-order valence-electron chi connectivity index (χ0n) is 30.4. The lowest BCUT2D eigenvalue weighted by Gasteiger charge is -2.13. The number of hydrogen-bond acceptors (Lipinski definition) is 2. The van der Waals surface area contributed by atoms with Gasteiger partial charge in [-0.2, -0.15) is 0 Å². The molecule has 0 bridgehead atoms. The zero-order chi connectivity index (χ0) is 37.0. The minimum Gasteiger partial charge on any atom is -0.317 e. The lowest BCUT2D eigenvalue weighted by molar-refractivity contribution is 1.13. The van der Waals surface area contributed by atoms with Gasteiger partial charge in [0.15, 0.2) is 5.82 Å². The summed E-state index contributed by atoms with van der Waals surface area (Å²) < 4.78 is 4.65. The topological polar surface area (TPSA) is 35.6 Å². The highest BCUT2D eigenvalue weighted by atomic mass is 15.0. The van der Waals surface area contributed by atoms with Gasteiger partial charge in [-0.15, -0.1) is 0 Å². The number of rotatable bonds is 6. The van der Waals surface area contributed by atoms with Crippen LogP contribution in [0.1, 0.15) is 0 Å². The molecule has 0 spiro atoms. The van der Waals surface area contributed by atoms with Crippen molar-refractivity contribution in [3.05, 3.63) is 206 Å². The van der Waals surface area contributed by atoms with Crippen LogP contribution in [0.25, 0.3) is 99.9 Å². The Morgan fingerprint density at radius 1 is 0.339 bits per heavy atom. The summed E-state index contributed by atoms with van der Waals surface area (Å²) in [5, 5.41) is 6.02. The maximum atomic E-state index is 5.19. The first-order chi connectivity index (χ1) is 27.7. The largest absolute Gasteiger partial charge is 0.317 e. The van der Waals surface area contributed by atoms with Gasteiger partial charge < -0.3 is 9.13 Å². The number of para-hydroxylation sites is 2. The van der Waals surface area contributed by atoms with Crippen LogP contribution in [-0.4, -0.2) is 19.1 Å². The van der Waals surface area contributed by atoms with Crippen LogP contribution in [0.4, 0.5) is 0 Å². The van der Waals surface area contributed by atoms with E-state index in [9.17, 15) is 0 Å². The zero-order valence-corrected chi connectivity index (χ0v) is 30.4. The third-order valence-corrected chi connectivity index (χ3v) is 11.0. The molecule has 0 saturated heterocycles. The number of benzene rings is 8. The van der Waals surface area contributed by atoms with E-state index in [1.807, 2.05) is 18.2 Å². The molecule has 0 N–H and O–H groups in total. The number of fused-ring (bicyclic) bond motifs is 5. The molecular weight excluding hydrogens is 681 g/mol. The van der Waals surface area contributed by atoms with Gasteiger partial charge in [-0.3, -0.25) is 0 Å². The van der Waals surface area contributed by atoms with Gasteiger partial charge in [-0.05, 0) is 87.9 Å². The van der Waals surface area contributed by atoms with Gasteiger partial charge in [0.25, 0.3) is 0 Å². The summed E-state index contributed by atoms with van der Waals surface area (Å²) in [6.45, 7) is 0. The Hall–Kier alpha value is -7.56. The molecule has 262 valence electrons. The van der Waals surface area contributed by atoms with Crippen molar-refractivity contribution in [2.45, 2.75) is 0 Å². The van der Waals surface area contributed by atoms with Gasteiger partial charge in [0, 0.05) is 45.0 Å². The van der Waals surface area contributed by atoms with E-state index in [1.165, 1.54) is 43.6 Å². The van der Waals surface area contributed by atoms with E-state index in [-0.39, 0.29) is 0 Å². The summed E-state index contributed by atoms with van der Waals surface area (Å²) >= 11 is 0. The minimum absolute atomic E-state index is 0.704. The monoisotopic (exact) mass is 714 g/mol. The van der Waals surface area contributed by atoms with Crippen LogP contribution in [0, 0.1) is 0 Å². The second-order valence-electron chi connectivity index (χ2n) is 14.3. The molecule has 4 heteroatoms. The second kappa shape index (κ2) is 13.1. The van der Waals surface area contributed by atoms with Gasteiger partial charge in [0.2, 0.25) is 0 Å². The van der Waals surface area contributed by atoms with Crippen molar-refractivity contribution in [3.8, 4) is 56.4 Å². The lowest BCUT2D eigenvalue weighted by atomic mass is 10.0. The van der Waals surface area contributed by atoms with Crippen LogP contribution < -0.4 is 0 Å². The molecule has 11 aromatic rings. The van der Waals surface area contributed by atoms with E-state index in [1.54, 1.807) is 0 Å². The molecule has 56 heavy (non-hydrogen) atoms. The average molecular weight is 715 g/mol. The van der Waals surface area contributed by atoms with Crippen LogP contribution in [0.5, 0.6) is 0 Å². The Labute approximate surface area is 324 Å². The Kier molecular flexibility index (Phi) is 7.46. The molecule has 0 radical (unpaired) electrons. The molecule has 0 aliphatic carbocycles. The van der Waals surface area contributed by atoms with Gasteiger partial charge in [0.05, 0.1) is 27.9 Å². The highest BCUT2D eigenvalue weighted by molar-refractivity contribution is 6.10. The van der Waals surface area contributed by atoms with Gasteiger partial charge in [-0.1, -0.05) is 140 Å². The van der Waals surface area contributed by atoms with Crippen LogP contribution in [-0.2, 0) is 0 Å². The van der Waals surface area contributed by atoms with Crippen molar-refractivity contribution in [1.82, 2.24) is 19.1 Å². The van der Waals surface area contributed by atoms with Gasteiger partial charge in [-0.25, -0.2) is 9.97 Å². The van der Waals surface area contributed by atoms with Crippen molar-refractivity contribution in [2.75, 3.05) is 0 Å². The molecule has 0 amide bonds. The number of aromatic nitrogens is 4. The fourth-order valence-electron chi connectivity index (χ4n) is 8.28. The predicted molar refractivity (Wildman–Crippen MR) is 232 cm³/mol. The molecule has 3 heterocycles. The maximum absolute atomic E-state index is 5.19. The first kappa shape index (κ1) is 31.9. The number of hydrogen-bond donors (Lipinski definition) is 0. The number of nitrogens with zero attached hydrogens (tertiary/aromatic N) is 4. The molecule has 0 aliphatic rings. The normalized spacial score (nSPS) is 11.6. The SMILES string of the molecule is c1ccc(-c2nc(-c3cccc(-n4c5ccccc5c5cc(-c6cccc(-n7ccc8ccccc87)c6)ccc54)c3)cc(-c3cccc4ccccc34)n2)cc1. The molecule has 0 atom stereocenters. The molecule has 8 aromatic carbocycles. The predicted octanol–water partition coefficient (Wildman–Crippen LogP) is 13.3. The van der Waals surface area contributed by atoms with E-state index >= 15 is 0 Å². The summed E-state index contributed by atoms with van der Waals surface area (Å²) in [5.41, 5.74) is 13.0. The maximum Gasteiger partial charge on any atom is 0.160 e. The van der Waals surface area contributed by atoms with Crippen LogP contribution >= 0.6 is 0 Å². The summed E-state index contributed by atoms with van der Waals surface area (Å²) in [5.74, 6) is 0.704. The molecule has 3 aromatic heterocycles. The first-order valence-corrected chi connectivity index (χ1v) is 19.0. The minimum atomic E-state index is 0.704. The molecule has 4 nitrogen and oxygen atoms in total. The van der Waals surface area contributed by atoms with Gasteiger partial charge >= 0.3 is 0 Å². The molecule has 0 unspecified atom stereocenters. The average Bonchev–Trinajstić information content (AvgIpc) is 3.86. The van der Waals surface area contributed by atoms with Crippen molar-refractivity contribution in [1.29, 1.82) is 0 Å². The standard InChI is InChI=1S/C52H34N4/c1-2-15-37(16-3-1)52-53-47(34-48(54-52)44-24-12-17-35-13-4-6-22-43(35)44)40-19-11-21-42(32-40)56-50-26-9-7-23-45(50)46-33-39(27-28-51(46)56)38-18-10-20-41(31-38)55-30-29-36-14-5-8-25-49(36)55/h1-34H. The second-order valence-corrected chi connectivity index (χ2v) is 14.3.